The minimum Gasteiger partial charge on any atom is -0.329 e. The normalized spacial score (nSPS) is 20.3. The van der Waals surface area contributed by atoms with Crippen LogP contribution in [0.1, 0.15) is 44.6 Å². The van der Waals surface area contributed by atoms with Crippen molar-refractivity contribution in [2.24, 2.45) is 5.73 Å². The minimum absolute atomic E-state index is 0. The fourth-order valence-corrected chi connectivity index (χ4v) is 4.46. The van der Waals surface area contributed by atoms with Crippen LogP contribution in [-0.4, -0.2) is 31.9 Å². The second-order valence-corrected chi connectivity index (χ2v) is 7.62. The Morgan fingerprint density at radius 1 is 1.33 bits per heavy atom. The van der Waals surface area contributed by atoms with Crippen LogP contribution < -0.4 is 5.73 Å². The zero-order chi connectivity index (χ0) is 14.8. The molecule has 1 atom stereocenters. The Kier molecular flexibility index (Phi) is 6.66. The van der Waals surface area contributed by atoms with Gasteiger partial charge < -0.3 is 5.73 Å². The summed E-state index contributed by atoms with van der Waals surface area (Å²) < 4.78 is 27.2. The highest BCUT2D eigenvalue weighted by Crippen LogP contribution is 2.26. The second kappa shape index (κ2) is 7.58. The van der Waals surface area contributed by atoms with Crippen molar-refractivity contribution in [1.29, 1.82) is 0 Å². The first-order chi connectivity index (χ1) is 9.46. The standard InChI is InChI=1S/C15H24N2O2S.ClH/c1-12(2)13-6-5-8-15(10-13)20(18,19)17-9-4-3-7-14(17)11-16;/h5-6,8,10,12,14H,3-4,7,9,11,16H2,1-2H3;1H. The molecule has 1 fully saturated rings. The van der Waals surface area contributed by atoms with Crippen LogP contribution in [0, 0.1) is 0 Å². The van der Waals surface area contributed by atoms with Gasteiger partial charge in [0.05, 0.1) is 4.90 Å². The third-order valence-corrected chi connectivity index (χ3v) is 5.92. The Morgan fingerprint density at radius 3 is 2.67 bits per heavy atom. The lowest BCUT2D eigenvalue weighted by molar-refractivity contribution is 0.257. The zero-order valence-electron chi connectivity index (χ0n) is 12.7. The first-order valence-corrected chi connectivity index (χ1v) is 8.72. The van der Waals surface area contributed by atoms with Crippen LogP contribution in [0.2, 0.25) is 0 Å². The first kappa shape index (κ1) is 18.4. The highest BCUT2D eigenvalue weighted by Gasteiger charge is 2.32. The van der Waals surface area contributed by atoms with E-state index < -0.39 is 10.0 Å². The van der Waals surface area contributed by atoms with Crippen LogP contribution in [0.25, 0.3) is 0 Å². The van der Waals surface area contributed by atoms with E-state index in [1.54, 1.807) is 16.4 Å². The van der Waals surface area contributed by atoms with E-state index in [0.29, 0.717) is 23.9 Å². The fraction of sp³-hybridized carbons (Fsp3) is 0.600. The Balaban J connectivity index is 0.00000220. The summed E-state index contributed by atoms with van der Waals surface area (Å²) in [4.78, 5) is 0.393. The van der Waals surface area contributed by atoms with E-state index in [2.05, 4.69) is 13.8 Å². The van der Waals surface area contributed by atoms with E-state index in [1.165, 1.54) is 0 Å². The molecule has 21 heavy (non-hydrogen) atoms. The Labute approximate surface area is 134 Å². The van der Waals surface area contributed by atoms with Gasteiger partial charge in [-0.3, -0.25) is 0 Å². The summed E-state index contributed by atoms with van der Waals surface area (Å²) in [6.45, 7) is 5.10. The van der Waals surface area contributed by atoms with Crippen molar-refractivity contribution in [1.82, 2.24) is 4.31 Å². The molecule has 0 radical (unpaired) electrons. The number of benzene rings is 1. The maximum Gasteiger partial charge on any atom is 0.243 e. The summed E-state index contributed by atoms with van der Waals surface area (Å²) in [5, 5.41) is 0. The molecule has 2 N–H and O–H groups in total. The van der Waals surface area contributed by atoms with Crippen LogP contribution in [0.4, 0.5) is 0 Å². The maximum atomic E-state index is 12.8. The molecular weight excluding hydrogens is 308 g/mol. The van der Waals surface area contributed by atoms with Gasteiger partial charge in [-0.05, 0) is 36.5 Å². The highest BCUT2D eigenvalue weighted by molar-refractivity contribution is 7.89. The van der Waals surface area contributed by atoms with Crippen molar-refractivity contribution in [3.8, 4) is 0 Å². The molecule has 1 aromatic carbocycles. The van der Waals surface area contributed by atoms with E-state index in [9.17, 15) is 8.42 Å². The minimum atomic E-state index is -3.43. The van der Waals surface area contributed by atoms with Gasteiger partial charge in [-0.25, -0.2) is 8.42 Å². The van der Waals surface area contributed by atoms with E-state index in [-0.39, 0.29) is 18.4 Å². The lowest BCUT2D eigenvalue weighted by atomic mass is 10.0. The number of halogens is 1. The number of hydrogen-bond acceptors (Lipinski definition) is 3. The maximum absolute atomic E-state index is 12.8. The summed E-state index contributed by atoms with van der Waals surface area (Å²) >= 11 is 0. The third-order valence-electron chi connectivity index (χ3n) is 3.98. The molecule has 0 amide bonds. The molecule has 1 heterocycles. The molecule has 0 saturated carbocycles. The number of rotatable bonds is 4. The van der Waals surface area contributed by atoms with E-state index in [4.69, 9.17) is 5.73 Å². The summed E-state index contributed by atoms with van der Waals surface area (Å²) in [7, 11) is -3.43. The van der Waals surface area contributed by atoms with Gasteiger partial charge >= 0.3 is 0 Å². The van der Waals surface area contributed by atoms with Crippen LogP contribution in [0.3, 0.4) is 0 Å². The number of sulfonamides is 1. The topological polar surface area (TPSA) is 63.4 Å². The predicted octanol–water partition coefficient (Wildman–Crippen LogP) is 2.73. The van der Waals surface area contributed by atoms with Crippen LogP contribution in [0.15, 0.2) is 29.2 Å². The average Bonchev–Trinajstić information content (AvgIpc) is 2.47. The highest BCUT2D eigenvalue weighted by atomic mass is 35.5. The Hall–Kier alpha value is -0.620. The number of nitrogens with zero attached hydrogens (tertiary/aromatic N) is 1. The molecule has 4 nitrogen and oxygen atoms in total. The number of piperidine rings is 1. The van der Waals surface area contributed by atoms with Gasteiger partial charge in [0.15, 0.2) is 0 Å². The summed E-state index contributed by atoms with van der Waals surface area (Å²) in [6, 6.07) is 7.21. The SMILES string of the molecule is CC(C)c1cccc(S(=O)(=O)N2CCCCC2CN)c1.Cl. The van der Waals surface area contributed by atoms with Gasteiger partial charge in [-0.2, -0.15) is 4.31 Å². The van der Waals surface area contributed by atoms with Crippen LogP contribution in [0.5, 0.6) is 0 Å². The van der Waals surface area contributed by atoms with E-state index >= 15 is 0 Å². The summed E-state index contributed by atoms with van der Waals surface area (Å²) in [5.74, 6) is 0.316. The van der Waals surface area contributed by atoms with Gasteiger partial charge in [0.1, 0.15) is 0 Å². The second-order valence-electron chi connectivity index (χ2n) is 5.73. The van der Waals surface area contributed by atoms with E-state index in [1.807, 2.05) is 12.1 Å². The number of hydrogen-bond donors (Lipinski definition) is 1. The predicted molar refractivity (Wildman–Crippen MR) is 88.4 cm³/mol. The van der Waals surface area contributed by atoms with Crippen molar-refractivity contribution in [3.63, 3.8) is 0 Å². The van der Waals surface area contributed by atoms with Crippen molar-refractivity contribution in [3.05, 3.63) is 29.8 Å². The molecule has 1 aliphatic heterocycles. The van der Waals surface area contributed by atoms with Gasteiger partial charge in [0.25, 0.3) is 0 Å². The van der Waals surface area contributed by atoms with Crippen molar-refractivity contribution >= 4 is 22.4 Å². The first-order valence-electron chi connectivity index (χ1n) is 7.28. The molecule has 1 aromatic rings. The molecule has 0 aliphatic carbocycles. The lowest BCUT2D eigenvalue weighted by Crippen LogP contribution is -2.47. The molecule has 1 unspecified atom stereocenters. The Bertz CT molecular complexity index is 561. The molecule has 1 aliphatic rings. The van der Waals surface area contributed by atoms with Crippen LogP contribution in [-0.2, 0) is 10.0 Å². The average molecular weight is 333 g/mol. The summed E-state index contributed by atoms with van der Waals surface area (Å²) in [6.07, 6.45) is 2.83. The van der Waals surface area contributed by atoms with E-state index in [0.717, 1.165) is 24.8 Å². The lowest BCUT2D eigenvalue weighted by Gasteiger charge is -2.34. The monoisotopic (exact) mass is 332 g/mol. The third kappa shape index (κ3) is 3.97. The van der Waals surface area contributed by atoms with Crippen molar-refractivity contribution < 1.29 is 8.42 Å². The smallest absolute Gasteiger partial charge is 0.243 e. The van der Waals surface area contributed by atoms with Gasteiger partial charge in [-0.15, -0.1) is 12.4 Å². The molecule has 120 valence electrons. The molecular formula is C15H25ClN2O2S. The van der Waals surface area contributed by atoms with Crippen molar-refractivity contribution in [2.75, 3.05) is 13.1 Å². The van der Waals surface area contributed by atoms with Crippen LogP contribution >= 0.6 is 12.4 Å². The largest absolute Gasteiger partial charge is 0.329 e. The molecule has 0 bridgehead atoms. The fourth-order valence-electron chi connectivity index (χ4n) is 2.70. The quantitative estimate of drug-likeness (QED) is 0.922. The molecule has 0 aromatic heterocycles. The molecule has 0 spiro atoms. The summed E-state index contributed by atoms with van der Waals surface area (Å²) in [5.41, 5.74) is 6.79. The van der Waals surface area contributed by atoms with Gasteiger partial charge in [-0.1, -0.05) is 32.4 Å². The Morgan fingerprint density at radius 2 is 2.05 bits per heavy atom. The number of nitrogens with two attached hydrogens (primary N) is 1. The molecule has 6 heteroatoms. The van der Waals surface area contributed by atoms with Gasteiger partial charge in [0, 0.05) is 19.1 Å². The zero-order valence-corrected chi connectivity index (χ0v) is 14.3. The molecule has 1 saturated heterocycles. The molecule has 2 rings (SSSR count). The van der Waals surface area contributed by atoms with Gasteiger partial charge in [0.2, 0.25) is 10.0 Å². The van der Waals surface area contributed by atoms with Crippen molar-refractivity contribution in [2.45, 2.75) is 50.0 Å².